The summed E-state index contributed by atoms with van der Waals surface area (Å²) < 4.78 is 12.3. The molecule has 3 atom stereocenters. The molecule has 0 unspecified atom stereocenters. The summed E-state index contributed by atoms with van der Waals surface area (Å²) in [5.41, 5.74) is 1.86. The van der Waals surface area contributed by atoms with Crippen LogP contribution in [-0.2, 0) is 9.47 Å². The molecule has 134 valence electrons. The van der Waals surface area contributed by atoms with E-state index in [1.807, 2.05) is 13.8 Å². The first-order valence-electron chi connectivity index (χ1n) is 9.23. The molecule has 2 nitrogen and oxygen atoms in total. The minimum atomic E-state index is -1.79. The standard InChI is InChI=1S/C22H30O2Si/c1-17-20(16-23-22(2,3)24-17)21(18-12-8-6-9-13-18)25(4,5)19-14-10-7-11-15-19/h6-15,17,20-21H,16H2,1-5H3/t17-,20+,21+/m1/s1. The van der Waals surface area contributed by atoms with E-state index in [1.54, 1.807) is 0 Å². The van der Waals surface area contributed by atoms with Crippen molar-refractivity contribution in [1.29, 1.82) is 0 Å². The van der Waals surface area contributed by atoms with Crippen LogP contribution in [0.15, 0.2) is 60.7 Å². The van der Waals surface area contributed by atoms with Crippen LogP contribution in [0.4, 0.5) is 0 Å². The number of benzene rings is 2. The molecule has 0 aliphatic carbocycles. The quantitative estimate of drug-likeness (QED) is 0.740. The minimum Gasteiger partial charge on any atom is -0.350 e. The van der Waals surface area contributed by atoms with Crippen LogP contribution in [-0.4, -0.2) is 26.6 Å². The fourth-order valence-electron chi connectivity index (χ4n) is 4.28. The predicted molar refractivity (Wildman–Crippen MR) is 107 cm³/mol. The van der Waals surface area contributed by atoms with E-state index in [9.17, 15) is 0 Å². The van der Waals surface area contributed by atoms with Crippen molar-refractivity contribution < 1.29 is 9.47 Å². The largest absolute Gasteiger partial charge is 0.350 e. The van der Waals surface area contributed by atoms with Crippen molar-refractivity contribution in [2.45, 2.75) is 51.3 Å². The second-order valence-corrected chi connectivity index (χ2v) is 12.8. The van der Waals surface area contributed by atoms with Crippen LogP contribution >= 0.6 is 0 Å². The molecule has 0 radical (unpaired) electrons. The smallest absolute Gasteiger partial charge is 0.163 e. The Labute approximate surface area is 153 Å². The summed E-state index contributed by atoms with van der Waals surface area (Å²) in [5, 5.41) is 1.49. The normalized spacial score (nSPS) is 24.7. The number of hydrogen-bond donors (Lipinski definition) is 0. The van der Waals surface area contributed by atoms with Gasteiger partial charge in [0.15, 0.2) is 5.79 Å². The Morgan fingerprint density at radius 3 is 2.08 bits per heavy atom. The summed E-state index contributed by atoms with van der Waals surface area (Å²) in [6.07, 6.45) is 0.171. The first-order chi connectivity index (χ1) is 11.8. The molecule has 0 spiro atoms. The third kappa shape index (κ3) is 3.89. The van der Waals surface area contributed by atoms with Crippen LogP contribution in [0.5, 0.6) is 0 Å². The fraction of sp³-hybridized carbons (Fsp3) is 0.455. The second-order valence-electron chi connectivity index (χ2n) is 8.17. The first kappa shape index (κ1) is 18.4. The lowest BCUT2D eigenvalue weighted by Crippen LogP contribution is -2.56. The fourth-order valence-corrected chi connectivity index (χ4v) is 8.15. The van der Waals surface area contributed by atoms with E-state index in [-0.39, 0.29) is 6.10 Å². The van der Waals surface area contributed by atoms with E-state index < -0.39 is 13.9 Å². The molecule has 0 amide bonds. The zero-order valence-electron chi connectivity index (χ0n) is 16.0. The lowest BCUT2D eigenvalue weighted by atomic mass is 9.93. The Morgan fingerprint density at radius 1 is 0.960 bits per heavy atom. The number of rotatable bonds is 4. The molecule has 25 heavy (non-hydrogen) atoms. The average Bonchev–Trinajstić information content (AvgIpc) is 2.58. The molecule has 1 heterocycles. The van der Waals surface area contributed by atoms with Crippen molar-refractivity contribution in [3.63, 3.8) is 0 Å². The predicted octanol–water partition coefficient (Wildman–Crippen LogP) is 4.71. The maximum absolute atomic E-state index is 6.22. The molecule has 1 aliphatic heterocycles. The van der Waals surface area contributed by atoms with Gasteiger partial charge in [-0.15, -0.1) is 0 Å². The Balaban J connectivity index is 2.02. The van der Waals surface area contributed by atoms with Gasteiger partial charge in [-0.3, -0.25) is 0 Å². The SMILES string of the molecule is C[C@H]1OC(C)(C)OC[C@@H]1[C@H](c1ccccc1)[Si](C)(C)c1ccccc1. The molecule has 0 saturated carbocycles. The molecule has 1 fully saturated rings. The Morgan fingerprint density at radius 2 is 1.52 bits per heavy atom. The molecule has 2 aromatic rings. The summed E-state index contributed by atoms with van der Waals surface area (Å²) in [7, 11) is -1.79. The molecule has 3 rings (SSSR count). The van der Waals surface area contributed by atoms with Gasteiger partial charge >= 0.3 is 0 Å². The molecule has 3 heteroatoms. The Hall–Kier alpha value is -1.42. The average molecular weight is 355 g/mol. The number of hydrogen-bond acceptors (Lipinski definition) is 2. The third-order valence-electron chi connectivity index (χ3n) is 5.58. The van der Waals surface area contributed by atoms with Crippen LogP contribution in [0.1, 0.15) is 31.9 Å². The van der Waals surface area contributed by atoms with Gasteiger partial charge in [-0.1, -0.05) is 78.9 Å². The molecule has 1 aliphatic rings. The molecule has 0 bridgehead atoms. The zero-order valence-corrected chi connectivity index (χ0v) is 17.0. The molecular weight excluding hydrogens is 324 g/mol. The van der Waals surface area contributed by atoms with Crippen LogP contribution in [0.25, 0.3) is 0 Å². The topological polar surface area (TPSA) is 18.5 Å². The highest BCUT2D eigenvalue weighted by molar-refractivity contribution is 6.91. The summed E-state index contributed by atoms with van der Waals surface area (Å²) >= 11 is 0. The Bertz CT molecular complexity index is 682. The van der Waals surface area contributed by atoms with Gasteiger partial charge in [-0.2, -0.15) is 0 Å². The Kier molecular flexibility index (Phi) is 5.19. The van der Waals surface area contributed by atoms with Gasteiger partial charge in [0.25, 0.3) is 0 Å². The van der Waals surface area contributed by atoms with Crippen molar-refractivity contribution in [2.75, 3.05) is 6.61 Å². The second kappa shape index (κ2) is 7.06. The molecule has 0 N–H and O–H groups in total. The summed E-state index contributed by atoms with van der Waals surface area (Å²) in [5.74, 6) is -0.132. The molecule has 0 aromatic heterocycles. The van der Waals surface area contributed by atoms with E-state index in [0.29, 0.717) is 11.5 Å². The first-order valence-corrected chi connectivity index (χ1v) is 12.3. The van der Waals surface area contributed by atoms with Gasteiger partial charge in [0.05, 0.1) is 20.8 Å². The third-order valence-corrected chi connectivity index (χ3v) is 9.72. The number of ether oxygens (including phenoxy) is 2. The molecule has 1 saturated heterocycles. The molecular formula is C22H30O2Si. The van der Waals surface area contributed by atoms with Crippen LogP contribution in [0.2, 0.25) is 13.1 Å². The van der Waals surface area contributed by atoms with E-state index in [2.05, 4.69) is 80.7 Å². The van der Waals surface area contributed by atoms with Crippen molar-refractivity contribution in [3.05, 3.63) is 66.2 Å². The van der Waals surface area contributed by atoms with E-state index in [0.717, 1.165) is 6.61 Å². The van der Waals surface area contributed by atoms with E-state index in [1.165, 1.54) is 10.8 Å². The minimum absolute atomic E-state index is 0.171. The highest BCUT2D eigenvalue weighted by Gasteiger charge is 2.46. The van der Waals surface area contributed by atoms with Crippen molar-refractivity contribution in [2.24, 2.45) is 5.92 Å². The van der Waals surface area contributed by atoms with Gasteiger partial charge in [0.1, 0.15) is 0 Å². The maximum atomic E-state index is 6.22. The van der Waals surface area contributed by atoms with Gasteiger partial charge in [0.2, 0.25) is 0 Å². The summed E-state index contributed by atoms with van der Waals surface area (Å²) in [4.78, 5) is 0. The highest BCUT2D eigenvalue weighted by atomic mass is 28.3. The zero-order chi connectivity index (χ0) is 18.1. The van der Waals surface area contributed by atoms with Gasteiger partial charge in [0, 0.05) is 5.92 Å². The highest BCUT2D eigenvalue weighted by Crippen LogP contribution is 2.40. The van der Waals surface area contributed by atoms with E-state index >= 15 is 0 Å². The lowest BCUT2D eigenvalue weighted by Gasteiger charge is -2.47. The van der Waals surface area contributed by atoms with E-state index in [4.69, 9.17) is 9.47 Å². The van der Waals surface area contributed by atoms with Crippen LogP contribution < -0.4 is 5.19 Å². The van der Waals surface area contributed by atoms with Crippen LogP contribution in [0, 0.1) is 5.92 Å². The van der Waals surface area contributed by atoms with Gasteiger partial charge in [-0.05, 0) is 31.9 Å². The molecule has 2 aromatic carbocycles. The van der Waals surface area contributed by atoms with Gasteiger partial charge in [-0.25, -0.2) is 0 Å². The lowest BCUT2D eigenvalue weighted by molar-refractivity contribution is -0.289. The van der Waals surface area contributed by atoms with Gasteiger partial charge < -0.3 is 9.47 Å². The van der Waals surface area contributed by atoms with Crippen LogP contribution in [0.3, 0.4) is 0 Å². The summed E-state index contributed by atoms with van der Waals surface area (Å²) in [6.45, 7) is 11.9. The van der Waals surface area contributed by atoms with Crippen molar-refractivity contribution in [1.82, 2.24) is 0 Å². The van der Waals surface area contributed by atoms with Crippen molar-refractivity contribution >= 4 is 13.3 Å². The monoisotopic (exact) mass is 354 g/mol. The summed E-state index contributed by atoms with van der Waals surface area (Å²) in [6, 6.07) is 21.9. The maximum Gasteiger partial charge on any atom is 0.163 e. The van der Waals surface area contributed by atoms with Crippen molar-refractivity contribution in [3.8, 4) is 0 Å².